The molecule has 1 aromatic rings. The SMILES string of the molecule is N#[N+]c1ccc(C(=O)N2CCCCC2)cc1. The molecule has 0 N–H and O–H groups in total. The zero-order valence-electron chi connectivity index (χ0n) is 9.09. The normalized spacial score (nSPS) is 15.6. The van der Waals surface area contributed by atoms with E-state index in [9.17, 15) is 4.79 Å². The predicted octanol–water partition coefficient (Wildman–Crippen LogP) is 2.80. The van der Waals surface area contributed by atoms with E-state index in [1.807, 2.05) is 4.90 Å². The Kier molecular flexibility index (Phi) is 3.16. The average Bonchev–Trinajstić information content (AvgIpc) is 2.39. The van der Waals surface area contributed by atoms with Gasteiger partial charge in [-0.3, -0.25) is 4.79 Å². The highest BCUT2D eigenvalue weighted by atomic mass is 16.2. The van der Waals surface area contributed by atoms with Gasteiger partial charge in [-0.1, -0.05) is 0 Å². The van der Waals surface area contributed by atoms with Crippen molar-refractivity contribution in [2.75, 3.05) is 13.1 Å². The van der Waals surface area contributed by atoms with Gasteiger partial charge in [-0.2, -0.15) is 0 Å². The maximum absolute atomic E-state index is 12.0. The molecule has 1 fully saturated rings. The summed E-state index contributed by atoms with van der Waals surface area (Å²) in [5.41, 5.74) is 1.13. The van der Waals surface area contributed by atoms with Crippen LogP contribution < -0.4 is 0 Å². The lowest BCUT2D eigenvalue weighted by molar-refractivity contribution is 0.0724. The molecule has 1 heterocycles. The summed E-state index contributed by atoms with van der Waals surface area (Å²) in [6, 6.07) is 6.67. The summed E-state index contributed by atoms with van der Waals surface area (Å²) in [6.07, 6.45) is 3.40. The summed E-state index contributed by atoms with van der Waals surface area (Å²) in [5, 5.41) is 8.55. The van der Waals surface area contributed by atoms with E-state index in [0.717, 1.165) is 25.9 Å². The van der Waals surface area contributed by atoms with Crippen LogP contribution in [0.1, 0.15) is 29.6 Å². The van der Waals surface area contributed by atoms with Crippen molar-refractivity contribution in [2.24, 2.45) is 0 Å². The maximum atomic E-state index is 12.0. The molecule has 82 valence electrons. The molecule has 16 heavy (non-hydrogen) atoms. The van der Waals surface area contributed by atoms with Gasteiger partial charge >= 0.3 is 5.69 Å². The van der Waals surface area contributed by atoms with Gasteiger partial charge in [0.1, 0.15) is 0 Å². The highest BCUT2D eigenvalue weighted by molar-refractivity contribution is 5.94. The molecule has 1 saturated heterocycles. The molecule has 0 radical (unpaired) electrons. The number of amides is 1. The Morgan fingerprint density at radius 2 is 1.75 bits per heavy atom. The Hall–Kier alpha value is -1.89. The quantitative estimate of drug-likeness (QED) is 0.678. The number of nitrogens with zero attached hydrogens (tertiary/aromatic N) is 3. The second kappa shape index (κ2) is 4.75. The molecular formula is C12H14N3O+. The van der Waals surface area contributed by atoms with Crippen LogP contribution in [0.5, 0.6) is 0 Å². The van der Waals surface area contributed by atoms with Crippen LogP contribution >= 0.6 is 0 Å². The molecule has 1 amide bonds. The summed E-state index contributed by atoms with van der Waals surface area (Å²) < 4.78 is 0. The Balaban J connectivity index is 2.11. The topological polar surface area (TPSA) is 48.5 Å². The van der Waals surface area contributed by atoms with Crippen LogP contribution in [-0.2, 0) is 0 Å². The number of piperidine rings is 1. The number of likely N-dealkylation sites (tertiary alicyclic amines) is 1. The van der Waals surface area contributed by atoms with E-state index >= 15 is 0 Å². The van der Waals surface area contributed by atoms with Gasteiger partial charge in [0, 0.05) is 30.8 Å². The molecule has 4 heteroatoms. The van der Waals surface area contributed by atoms with Crippen molar-refractivity contribution in [1.82, 2.24) is 4.90 Å². The molecule has 4 nitrogen and oxygen atoms in total. The lowest BCUT2D eigenvalue weighted by Gasteiger charge is -2.26. The minimum Gasteiger partial charge on any atom is -0.339 e. The average molecular weight is 216 g/mol. The summed E-state index contributed by atoms with van der Waals surface area (Å²) in [5.74, 6) is 0.0733. The monoisotopic (exact) mass is 216 g/mol. The number of hydrogen-bond acceptors (Lipinski definition) is 2. The Morgan fingerprint density at radius 3 is 2.31 bits per heavy atom. The fourth-order valence-electron chi connectivity index (χ4n) is 1.95. The van der Waals surface area contributed by atoms with E-state index in [-0.39, 0.29) is 5.91 Å². The van der Waals surface area contributed by atoms with Gasteiger partial charge in [-0.25, -0.2) is 0 Å². The van der Waals surface area contributed by atoms with Crippen LogP contribution in [0, 0.1) is 5.39 Å². The van der Waals surface area contributed by atoms with E-state index in [2.05, 4.69) is 4.98 Å². The van der Waals surface area contributed by atoms with Crippen LogP contribution in [0.15, 0.2) is 24.3 Å². The van der Waals surface area contributed by atoms with Crippen LogP contribution in [0.3, 0.4) is 0 Å². The van der Waals surface area contributed by atoms with Crippen molar-refractivity contribution in [3.63, 3.8) is 0 Å². The van der Waals surface area contributed by atoms with E-state index in [0.29, 0.717) is 11.3 Å². The van der Waals surface area contributed by atoms with Crippen LogP contribution in [0.4, 0.5) is 5.69 Å². The zero-order chi connectivity index (χ0) is 11.4. The van der Waals surface area contributed by atoms with Crippen LogP contribution in [0.25, 0.3) is 4.98 Å². The predicted molar refractivity (Wildman–Crippen MR) is 60.9 cm³/mol. The minimum atomic E-state index is 0.0733. The molecule has 1 aromatic carbocycles. The highest BCUT2D eigenvalue weighted by Crippen LogP contribution is 2.16. The van der Waals surface area contributed by atoms with Gasteiger partial charge in [0.25, 0.3) is 5.91 Å². The minimum absolute atomic E-state index is 0.0733. The highest BCUT2D eigenvalue weighted by Gasteiger charge is 2.18. The van der Waals surface area contributed by atoms with Gasteiger partial charge in [0.15, 0.2) is 4.98 Å². The summed E-state index contributed by atoms with van der Waals surface area (Å²) in [4.78, 5) is 17.0. The fourth-order valence-corrected chi connectivity index (χ4v) is 1.95. The van der Waals surface area contributed by atoms with E-state index in [4.69, 9.17) is 5.39 Å². The van der Waals surface area contributed by atoms with E-state index in [1.165, 1.54) is 6.42 Å². The third-order valence-electron chi connectivity index (χ3n) is 2.87. The first-order valence-electron chi connectivity index (χ1n) is 5.56. The van der Waals surface area contributed by atoms with Gasteiger partial charge in [-0.15, -0.1) is 0 Å². The molecule has 0 aromatic heterocycles. The number of diazo groups is 1. The lowest BCUT2D eigenvalue weighted by atomic mass is 10.1. The van der Waals surface area contributed by atoms with Crippen LogP contribution in [-0.4, -0.2) is 23.9 Å². The molecule has 0 bridgehead atoms. The number of benzene rings is 1. The first-order valence-corrected chi connectivity index (χ1v) is 5.56. The summed E-state index contributed by atoms with van der Waals surface area (Å²) in [6.45, 7) is 1.70. The molecule has 0 aliphatic carbocycles. The third-order valence-corrected chi connectivity index (χ3v) is 2.87. The number of rotatable bonds is 1. The van der Waals surface area contributed by atoms with Crippen molar-refractivity contribution in [3.8, 4) is 0 Å². The standard InChI is InChI=1S/C12H14N3O/c13-14-11-6-4-10(5-7-11)12(16)15-8-2-1-3-9-15/h4-7H,1-3,8-9H2/q+1. The zero-order valence-corrected chi connectivity index (χ0v) is 9.09. The van der Waals surface area contributed by atoms with E-state index < -0.39 is 0 Å². The third kappa shape index (κ3) is 2.19. The van der Waals surface area contributed by atoms with Crippen LogP contribution in [0.2, 0.25) is 0 Å². The fraction of sp³-hybridized carbons (Fsp3) is 0.417. The number of carbonyl (C=O) groups excluding carboxylic acids is 1. The lowest BCUT2D eigenvalue weighted by Crippen LogP contribution is -2.35. The molecule has 0 atom stereocenters. The maximum Gasteiger partial charge on any atom is 0.385 e. The molecule has 1 aliphatic heterocycles. The Morgan fingerprint density at radius 1 is 1.12 bits per heavy atom. The van der Waals surface area contributed by atoms with Crippen molar-refractivity contribution in [1.29, 1.82) is 5.39 Å². The Bertz CT molecular complexity index is 413. The van der Waals surface area contributed by atoms with E-state index in [1.54, 1.807) is 24.3 Å². The smallest absolute Gasteiger partial charge is 0.339 e. The number of carbonyl (C=O) groups is 1. The molecule has 1 aliphatic rings. The molecule has 0 unspecified atom stereocenters. The van der Waals surface area contributed by atoms with Gasteiger partial charge in [-0.05, 0) is 31.4 Å². The van der Waals surface area contributed by atoms with Crippen molar-refractivity contribution in [3.05, 3.63) is 34.8 Å². The van der Waals surface area contributed by atoms with Crippen molar-refractivity contribution >= 4 is 11.6 Å². The second-order valence-corrected chi connectivity index (χ2v) is 4.00. The molecule has 2 rings (SSSR count). The van der Waals surface area contributed by atoms with Crippen molar-refractivity contribution < 1.29 is 4.79 Å². The number of hydrogen-bond donors (Lipinski definition) is 0. The van der Waals surface area contributed by atoms with Crippen molar-refractivity contribution in [2.45, 2.75) is 19.3 Å². The summed E-state index contributed by atoms with van der Waals surface area (Å²) in [7, 11) is 0. The molecular weight excluding hydrogens is 202 g/mol. The van der Waals surface area contributed by atoms with Gasteiger partial charge < -0.3 is 4.90 Å². The molecule has 0 saturated carbocycles. The van der Waals surface area contributed by atoms with Gasteiger partial charge in [0.2, 0.25) is 5.39 Å². The van der Waals surface area contributed by atoms with Gasteiger partial charge in [0.05, 0.1) is 0 Å². The largest absolute Gasteiger partial charge is 0.385 e. The second-order valence-electron chi connectivity index (χ2n) is 4.00. The summed E-state index contributed by atoms with van der Waals surface area (Å²) >= 11 is 0. The first-order chi connectivity index (χ1) is 7.81. The molecule has 0 spiro atoms. The first kappa shape index (κ1) is 10.6. The Labute approximate surface area is 94.5 Å².